The first-order chi connectivity index (χ1) is 7.56. The quantitative estimate of drug-likeness (QED) is 0.888. The number of amides is 1. The van der Waals surface area contributed by atoms with Crippen LogP contribution in [0.1, 0.15) is 29.2 Å². The molecule has 86 valence electrons. The van der Waals surface area contributed by atoms with Gasteiger partial charge in [0.2, 0.25) is 0 Å². The van der Waals surface area contributed by atoms with Gasteiger partial charge in [0.15, 0.2) is 4.96 Å². The number of nitrogens with zero attached hydrogens (tertiary/aromatic N) is 2. The number of hydrogen-bond acceptors (Lipinski definition) is 3. The lowest BCUT2D eigenvalue weighted by molar-refractivity contribution is 0.0944. The second kappa shape index (κ2) is 4.25. The van der Waals surface area contributed by atoms with Crippen molar-refractivity contribution < 1.29 is 4.79 Å². The number of carbonyl (C=O) groups is 1. The Morgan fingerprint density at radius 2 is 2.31 bits per heavy atom. The van der Waals surface area contributed by atoms with Crippen LogP contribution in [0.5, 0.6) is 0 Å². The zero-order valence-corrected chi connectivity index (χ0v) is 10.5. The summed E-state index contributed by atoms with van der Waals surface area (Å²) in [5, 5.41) is 2.85. The van der Waals surface area contributed by atoms with Gasteiger partial charge in [-0.3, -0.25) is 9.20 Å². The molecule has 0 radical (unpaired) electrons. The molecule has 4 nitrogen and oxygen atoms in total. The average molecular weight is 237 g/mol. The number of nitrogens with one attached hydrogen (secondary N) is 1. The van der Waals surface area contributed by atoms with Gasteiger partial charge in [0.25, 0.3) is 5.91 Å². The van der Waals surface area contributed by atoms with Crippen molar-refractivity contribution in [3.63, 3.8) is 0 Å². The molecule has 0 atom stereocenters. The standard InChI is InChI=1S/C11H15N3OS/c1-7(2)4-12-10(15)9-6-14-5-8(3)16-11(14)13-9/h5-7H,4H2,1-3H3,(H,12,15). The van der Waals surface area contributed by atoms with E-state index in [1.807, 2.05) is 17.5 Å². The normalized spacial score (nSPS) is 11.2. The molecule has 0 fully saturated rings. The second-order valence-electron chi connectivity index (χ2n) is 4.26. The van der Waals surface area contributed by atoms with Crippen molar-refractivity contribution in [2.24, 2.45) is 5.92 Å². The van der Waals surface area contributed by atoms with Gasteiger partial charge in [-0.1, -0.05) is 13.8 Å². The van der Waals surface area contributed by atoms with Gasteiger partial charge in [-0.05, 0) is 12.8 Å². The fraction of sp³-hybridized carbons (Fsp3) is 0.455. The lowest BCUT2D eigenvalue weighted by Crippen LogP contribution is -2.27. The molecular weight excluding hydrogens is 222 g/mol. The summed E-state index contributed by atoms with van der Waals surface area (Å²) in [6.07, 6.45) is 3.75. The molecule has 5 heteroatoms. The lowest BCUT2D eigenvalue weighted by Gasteiger charge is -2.04. The van der Waals surface area contributed by atoms with Crippen molar-refractivity contribution in [2.45, 2.75) is 20.8 Å². The van der Waals surface area contributed by atoms with Gasteiger partial charge in [-0.25, -0.2) is 4.98 Å². The minimum atomic E-state index is -0.0951. The van der Waals surface area contributed by atoms with Crippen LogP contribution in [0.25, 0.3) is 4.96 Å². The zero-order chi connectivity index (χ0) is 11.7. The fourth-order valence-electron chi connectivity index (χ4n) is 1.41. The van der Waals surface area contributed by atoms with E-state index >= 15 is 0 Å². The van der Waals surface area contributed by atoms with Gasteiger partial charge in [0.05, 0.1) is 0 Å². The number of hydrogen-bond donors (Lipinski definition) is 1. The Balaban J connectivity index is 2.14. The summed E-state index contributed by atoms with van der Waals surface area (Å²) in [5.41, 5.74) is 0.492. The Morgan fingerprint density at radius 3 is 2.94 bits per heavy atom. The summed E-state index contributed by atoms with van der Waals surface area (Å²) >= 11 is 1.59. The van der Waals surface area contributed by atoms with Gasteiger partial charge in [-0.15, -0.1) is 11.3 Å². The van der Waals surface area contributed by atoms with Crippen LogP contribution in [0.2, 0.25) is 0 Å². The van der Waals surface area contributed by atoms with Crippen molar-refractivity contribution in [3.05, 3.63) is 23.0 Å². The van der Waals surface area contributed by atoms with Gasteiger partial charge in [0, 0.05) is 23.8 Å². The Bertz CT molecular complexity index is 481. The van der Waals surface area contributed by atoms with E-state index in [9.17, 15) is 4.79 Å². The Kier molecular flexibility index (Phi) is 2.96. The molecule has 16 heavy (non-hydrogen) atoms. The van der Waals surface area contributed by atoms with Crippen LogP contribution in [0.15, 0.2) is 12.4 Å². The second-order valence-corrected chi connectivity index (χ2v) is 5.47. The predicted octanol–water partition coefficient (Wildman–Crippen LogP) is 2.09. The van der Waals surface area contributed by atoms with Crippen molar-refractivity contribution in [1.29, 1.82) is 0 Å². The molecule has 0 aliphatic carbocycles. The molecule has 2 rings (SSSR count). The van der Waals surface area contributed by atoms with Crippen LogP contribution >= 0.6 is 11.3 Å². The summed E-state index contributed by atoms with van der Waals surface area (Å²) in [6, 6.07) is 0. The van der Waals surface area contributed by atoms with Gasteiger partial charge in [-0.2, -0.15) is 0 Å². The van der Waals surface area contributed by atoms with E-state index in [-0.39, 0.29) is 5.91 Å². The maximum absolute atomic E-state index is 11.7. The molecule has 0 unspecified atom stereocenters. The van der Waals surface area contributed by atoms with Gasteiger partial charge < -0.3 is 5.32 Å². The van der Waals surface area contributed by atoms with E-state index in [0.717, 1.165) is 4.96 Å². The van der Waals surface area contributed by atoms with E-state index in [0.29, 0.717) is 18.2 Å². The van der Waals surface area contributed by atoms with Crippen molar-refractivity contribution in [2.75, 3.05) is 6.54 Å². The van der Waals surface area contributed by atoms with Crippen molar-refractivity contribution in [1.82, 2.24) is 14.7 Å². The monoisotopic (exact) mass is 237 g/mol. The molecule has 0 aromatic carbocycles. The Labute approximate surface area is 98.3 Å². The average Bonchev–Trinajstić information content (AvgIpc) is 2.70. The van der Waals surface area contributed by atoms with Crippen LogP contribution in [0, 0.1) is 12.8 Å². The third kappa shape index (κ3) is 2.24. The highest BCUT2D eigenvalue weighted by molar-refractivity contribution is 7.17. The van der Waals surface area contributed by atoms with Gasteiger partial charge in [0.1, 0.15) is 5.69 Å². The highest BCUT2D eigenvalue weighted by Gasteiger charge is 2.11. The number of rotatable bonds is 3. The highest BCUT2D eigenvalue weighted by Crippen LogP contribution is 2.16. The first-order valence-electron chi connectivity index (χ1n) is 5.29. The number of aromatic nitrogens is 2. The predicted molar refractivity (Wildman–Crippen MR) is 65.0 cm³/mol. The Morgan fingerprint density at radius 1 is 1.56 bits per heavy atom. The third-order valence-electron chi connectivity index (χ3n) is 2.18. The molecule has 2 aromatic rings. The topological polar surface area (TPSA) is 46.4 Å². The lowest BCUT2D eigenvalue weighted by atomic mass is 10.2. The van der Waals surface area contributed by atoms with Crippen LogP contribution in [-0.4, -0.2) is 21.8 Å². The van der Waals surface area contributed by atoms with Crippen LogP contribution in [0.3, 0.4) is 0 Å². The smallest absolute Gasteiger partial charge is 0.271 e. The summed E-state index contributed by atoms with van der Waals surface area (Å²) in [7, 11) is 0. The molecule has 0 saturated carbocycles. The molecule has 2 heterocycles. The van der Waals surface area contributed by atoms with E-state index in [4.69, 9.17) is 0 Å². The van der Waals surface area contributed by atoms with Crippen LogP contribution in [0.4, 0.5) is 0 Å². The summed E-state index contributed by atoms with van der Waals surface area (Å²) in [6.45, 7) is 6.84. The number of imidazole rings is 1. The van der Waals surface area contributed by atoms with Crippen LogP contribution < -0.4 is 5.32 Å². The molecule has 0 saturated heterocycles. The minimum absolute atomic E-state index is 0.0951. The molecule has 0 aliphatic rings. The van der Waals surface area contributed by atoms with E-state index < -0.39 is 0 Å². The maximum Gasteiger partial charge on any atom is 0.271 e. The largest absolute Gasteiger partial charge is 0.350 e. The van der Waals surface area contributed by atoms with Crippen LogP contribution in [-0.2, 0) is 0 Å². The van der Waals surface area contributed by atoms with Gasteiger partial charge >= 0.3 is 0 Å². The first kappa shape index (κ1) is 11.1. The number of fused-ring (bicyclic) bond motifs is 1. The van der Waals surface area contributed by atoms with Crippen molar-refractivity contribution in [3.8, 4) is 0 Å². The minimum Gasteiger partial charge on any atom is -0.350 e. The summed E-state index contributed by atoms with van der Waals surface area (Å²) < 4.78 is 1.89. The molecule has 2 aromatic heterocycles. The third-order valence-corrected chi connectivity index (χ3v) is 3.09. The van der Waals surface area contributed by atoms with E-state index in [1.165, 1.54) is 4.88 Å². The number of thiazole rings is 1. The highest BCUT2D eigenvalue weighted by atomic mass is 32.1. The van der Waals surface area contributed by atoms with E-state index in [2.05, 4.69) is 24.1 Å². The molecule has 0 aliphatic heterocycles. The molecule has 0 spiro atoms. The first-order valence-corrected chi connectivity index (χ1v) is 6.11. The Hall–Kier alpha value is -1.36. The molecule has 1 amide bonds. The molecule has 0 bridgehead atoms. The zero-order valence-electron chi connectivity index (χ0n) is 9.65. The number of carbonyl (C=O) groups excluding carboxylic acids is 1. The maximum atomic E-state index is 11.7. The SMILES string of the molecule is Cc1cn2cc(C(=O)NCC(C)C)nc2s1. The van der Waals surface area contributed by atoms with E-state index in [1.54, 1.807) is 17.5 Å². The fourth-order valence-corrected chi connectivity index (χ4v) is 2.22. The molecular formula is C11H15N3OS. The summed E-state index contributed by atoms with van der Waals surface area (Å²) in [4.78, 5) is 18.1. The summed E-state index contributed by atoms with van der Waals surface area (Å²) in [5.74, 6) is 0.359. The molecule has 1 N–H and O–H groups in total. The number of aryl methyl sites for hydroxylation is 1. The van der Waals surface area contributed by atoms with Crippen molar-refractivity contribution >= 4 is 22.2 Å².